The van der Waals surface area contributed by atoms with E-state index in [9.17, 15) is 0 Å². The summed E-state index contributed by atoms with van der Waals surface area (Å²) in [6, 6.07) is 0. The van der Waals surface area contributed by atoms with Crippen LogP contribution >= 0.6 is 0 Å². The summed E-state index contributed by atoms with van der Waals surface area (Å²) >= 11 is 0. The van der Waals surface area contributed by atoms with Crippen molar-refractivity contribution in [1.82, 2.24) is 0 Å². The smallest absolute Gasteiger partial charge is 0.0882 e. The summed E-state index contributed by atoms with van der Waals surface area (Å²) in [7, 11) is 0. The minimum atomic E-state index is 0.589. The van der Waals surface area contributed by atoms with Gasteiger partial charge in [-0.3, -0.25) is 0 Å². The molecule has 0 amide bonds. The number of allylic oxidation sites excluding steroid dienone is 4. The summed E-state index contributed by atoms with van der Waals surface area (Å²) in [4.78, 5) is 0. The zero-order valence-corrected chi connectivity index (χ0v) is 8.71. The summed E-state index contributed by atoms with van der Waals surface area (Å²) < 4.78 is 0. The molecule has 0 spiro atoms. The zero-order chi connectivity index (χ0) is 10.2. The van der Waals surface area contributed by atoms with Gasteiger partial charge in [-0.15, -0.1) is 0 Å². The van der Waals surface area contributed by atoms with Gasteiger partial charge in [-0.2, -0.15) is 0 Å². The molecule has 2 nitrogen and oxygen atoms in total. The third-order valence-corrected chi connectivity index (χ3v) is 2.53. The Balaban J connectivity index is 0.000000140. The molecular weight excluding hydrogens is 176 g/mol. The zero-order valence-electron chi connectivity index (χ0n) is 8.71. The fraction of sp³-hybridized carbons (Fsp3) is 0.667. The van der Waals surface area contributed by atoms with Crippen molar-refractivity contribution in [2.45, 2.75) is 51.4 Å². The second kappa shape index (κ2) is 6.52. The highest BCUT2D eigenvalue weighted by Gasteiger charge is 1.98. The van der Waals surface area contributed by atoms with Crippen LogP contribution in [0.5, 0.6) is 0 Å². The van der Waals surface area contributed by atoms with Crippen LogP contribution in [0.4, 0.5) is 0 Å². The molecule has 0 unspecified atom stereocenters. The average molecular weight is 196 g/mol. The van der Waals surface area contributed by atoms with Crippen LogP contribution in [-0.4, -0.2) is 10.2 Å². The molecule has 0 saturated heterocycles. The molecule has 0 atom stereocenters. The monoisotopic (exact) mass is 196 g/mol. The molecular formula is C12H20O2. The van der Waals surface area contributed by atoms with E-state index in [0.717, 1.165) is 25.7 Å². The summed E-state index contributed by atoms with van der Waals surface area (Å²) in [6.07, 6.45) is 12.6. The second-order valence-electron chi connectivity index (χ2n) is 3.88. The highest BCUT2D eigenvalue weighted by molar-refractivity contribution is 4.94. The first-order valence-corrected chi connectivity index (χ1v) is 5.55. The number of rotatable bonds is 0. The molecule has 2 aliphatic rings. The SMILES string of the molecule is OC1=CCCCC1.OC1=CCCCC1. The van der Waals surface area contributed by atoms with Crippen molar-refractivity contribution in [3.63, 3.8) is 0 Å². The van der Waals surface area contributed by atoms with Crippen molar-refractivity contribution in [3.05, 3.63) is 23.7 Å². The molecule has 0 fully saturated rings. The lowest BCUT2D eigenvalue weighted by Gasteiger charge is -2.04. The first-order valence-electron chi connectivity index (χ1n) is 5.55. The number of aliphatic hydroxyl groups excluding tert-OH is 2. The first kappa shape index (κ1) is 11.2. The van der Waals surface area contributed by atoms with Crippen molar-refractivity contribution in [3.8, 4) is 0 Å². The van der Waals surface area contributed by atoms with E-state index in [1.165, 1.54) is 25.7 Å². The summed E-state index contributed by atoms with van der Waals surface area (Å²) in [5, 5.41) is 17.5. The molecule has 0 heterocycles. The van der Waals surface area contributed by atoms with Crippen molar-refractivity contribution < 1.29 is 10.2 Å². The molecule has 0 aromatic heterocycles. The molecule has 2 aliphatic carbocycles. The van der Waals surface area contributed by atoms with Gasteiger partial charge in [0.2, 0.25) is 0 Å². The van der Waals surface area contributed by atoms with E-state index in [-0.39, 0.29) is 0 Å². The summed E-state index contributed by atoms with van der Waals surface area (Å²) in [6.45, 7) is 0. The maximum Gasteiger partial charge on any atom is 0.0882 e. The molecule has 0 aliphatic heterocycles. The highest BCUT2D eigenvalue weighted by Crippen LogP contribution is 2.14. The lowest BCUT2D eigenvalue weighted by Crippen LogP contribution is -1.88. The molecule has 80 valence electrons. The predicted octanol–water partition coefficient (Wildman–Crippen LogP) is 4.00. The maximum absolute atomic E-state index is 8.77. The Hall–Kier alpha value is -0.920. The maximum atomic E-state index is 8.77. The van der Waals surface area contributed by atoms with Crippen LogP contribution in [0.1, 0.15) is 51.4 Å². The van der Waals surface area contributed by atoms with E-state index in [2.05, 4.69) is 0 Å². The van der Waals surface area contributed by atoms with Gasteiger partial charge in [-0.25, -0.2) is 0 Å². The van der Waals surface area contributed by atoms with Crippen LogP contribution in [-0.2, 0) is 0 Å². The molecule has 0 radical (unpaired) electrons. The Kier molecular flexibility index (Phi) is 5.20. The third-order valence-electron chi connectivity index (χ3n) is 2.53. The lowest BCUT2D eigenvalue weighted by atomic mass is 10.1. The van der Waals surface area contributed by atoms with E-state index >= 15 is 0 Å². The van der Waals surface area contributed by atoms with E-state index in [0.29, 0.717) is 11.5 Å². The van der Waals surface area contributed by atoms with Gasteiger partial charge in [0, 0.05) is 12.8 Å². The van der Waals surface area contributed by atoms with E-state index < -0.39 is 0 Å². The molecule has 2 N–H and O–H groups in total. The highest BCUT2D eigenvalue weighted by atomic mass is 16.3. The average Bonchev–Trinajstić information content (AvgIpc) is 2.21. The van der Waals surface area contributed by atoms with Crippen LogP contribution in [0.3, 0.4) is 0 Å². The van der Waals surface area contributed by atoms with Gasteiger partial charge in [-0.05, 0) is 50.7 Å². The first-order chi connectivity index (χ1) is 6.79. The fourth-order valence-electron chi connectivity index (χ4n) is 1.64. The van der Waals surface area contributed by atoms with Gasteiger partial charge in [0.1, 0.15) is 0 Å². The molecule has 0 aromatic carbocycles. The van der Waals surface area contributed by atoms with Crippen LogP contribution in [0, 0.1) is 0 Å². The summed E-state index contributed by atoms with van der Waals surface area (Å²) in [5.74, 6) is 1.18. The van der Waals surface area contributed by atoms with Crippen LogP contribution in [0.25, 0.3) is 0 Å². The minimum Gasteiger partial charge on any atom is -0.513 e. The Morgan fingerprint density at radius 2 is 1.14 bits per heavy atom. The molecule has 2 rings (SSSR count). The van der Waals surface area contributed by atoms with Crippen molar-refractivity contribution in [2.24, 2.45) is 0 Å². The third kappa shape index (κ3) is 4.95. The Morgan fingerprint density at radius 1 is 0.714 bits per heavy atom. The minimum absolute atomic E-state index is 0.589. The Labute approximate surface area is 86.0 Å². The van der Waals surface area contributed by atoms with Crippen molar-refractivity contribution in [2.75, 3.05) is 0 Å². The number of aliphatic hydroxyl groups is 2. The van der Waals surface area contributed by atoms with Gasteiger partial charge in [0.15, 0.2) is 0 Å². The summed E-state index contributed by atoms with van der Waals surface area (Å²) in [5.41, 5.74) is 0. The van der Waals surface area contributed by atoms with E-state index in [1.807, 2.05) is 12.2 Å². The van der Waals surface area contributed by atoms with Crippen LogP contribution < -0.4 is 0 Å². The van der Waals surface area contributed by atoms with Gasteiger partial charge in [0.05, 0.1) is 11.5 Å². The molecule has 0 aromatic rings. The van der Waals surface area contributed by atoms with Gasteiger partial charge in [-0.1, -0.05) is 0 Å². The topological polar surface area (TPSA) is 40.5 Å². The molecule has 14 heavy (non-hydrogen) atoms. The molecule has 2 heteroatoms. The normalized spacial score (nSPS) is 21.4. The van der Waals surface area contributed by atoms with Gasteiger partial charge in [0.25, 0.3) is 0 Å². The Bertz CT molecular complexity index is 192. The quantitative estimate of drug-likeness (QED) is 0.614. The van der Waals surface area contributed by atoms with Crippen molar-refractivity contribution in [1.29, 1.82) is 0 Å². The van der Waals surface area contributed by atoms with Gasteiger partial charge < -0.3 is 10.2 Å². The van der Waals surface area contributed by atoms with E-state index in [1.54, 1.807) is 0 Å². The molecule has 0 bridgehead atoms. The predicted molar refractivity (Wildman–Crippen MR) is 58.4 cm³/mol. The van der Waals surface area contributed by atoms with E-state index in [4.69, 9.17) is 10.2 Å². The van der Waals surface area contributed by atoms with Gasteiger partial charge >= 0.3 is 0 Å². The van der Waals surface area contributed by atoms with Crippen LogP contribution in [0.2, 0.25) is 0 Å². The largest absolute Gasteiger partial charge is 0.513 e. The standard InChI is InChI=1S/2C6H10O/c2*7-6-4-2-1-3-5-6/h2*4,7H,1-3,5H2. The number of hydrogen-bond acceptors (Lipinski definition) is 2. The molecule has 0 saturated carbocycles. The fourth-order valence-corrected chi connectivity index (χ4v) is 1.64. The lowest BCUT2D eigenvalue weighted by molar-refractivity contribution is 0.368. The number of hydrogen-bond donors (Lipinski definition) is 2. The second-order valence-corrected chi connectivity index (χ2v) is 3.88. The van der Waals surface area contributed by atoms with Crippen molar-refractivity contribution >= 4 is 0 Å². The Morgan fingerprint density at radius 3 is 1.29 bits per heavy atom. The van der Waals surface area contributed by atoms with Crippen LogP contribution in [0.15, 0.2) is 23.7 Å².